The smallest absolute Gasteiger partial charge is 0.117 e. The van der Waals surface area contributed by atoms with Crippen molar-refractivity contribution in [1.29, 1.82) is 0 Å². The minimum atomic E-state index is -0.841. The highest BCUT2D eigenvalue weighted by molar-refractivity contribution is 5.36. The van der Waals surface area contributed by atoms with Crippen molar-refractivity contribution in [3.63, 3.8) is 0 Å². The maximum Gasteiger partial charge on any atom is 0.117 e. The molecule has 0 saturated carbocycles. The van der Waals surface area contributed by atoms with Gasteiger partial charge in [0.25, 0.3) is 0 Å². The summed E-state index contributed by atoms with van der Waals surface area (Å²) in [6.45, 7) is 2.02. The molecule has 0 radical (unpaired) electrons. The standard InChI is InChI=1S/C18H18O2/c1-14-7-9-15(10-8-14)11-12-17(19)13-18(20)16-5-3-2-4-6-16/h2-10,17-20H,13H2,1H3. The molecule has 20 heavy (non-hydrogen) atoms. The van der Waals surface area contributed by atoms with Gasteiger partial charge in [0.2, 0.25) is 0 Å². The summed E-state index contributed by atoms with van der Waals surface area (Å²) in [4.78, 5) is 0. The van der Waals surface area contributed by atoms with Gasteiger partial charge in [-0.15, -0.1) is 0 Å². The van der Waals surface area contributed by atoms with Crippen molar-refractivity contribution in [3.8, 4) is 11.8 Å². The van der Waals surface area contributed by atoms with Crippen LogP contribution in [0.4, 0.5) is 0 Å². The third-order valence-corrected chi connectivity index (χ3v) is 3.07. The monoisotopic (exact) mass is 266 g/mol. The van der Waals surface area contributed by atoms with Crippen LogP contribution < -0.4 is 0 Å². The number of aliphatic hydroxyl groups excluding tert-OH is 2. The Morgan fingerprint density at radius 3 is 2.25 bits per heavy atom. The molecule has 2 heteroatoms. The molecule has 0 amide bonds. The fourth-order valence-electron chi connectivity index (χ4n) is 1.89. The zero-order valence-corrected chi connectivity index (χ0v) is 11.5. The van der Waals surface area contributed by atoms with Crippen LogP contribution in [0.1, 0.15) is 29.2 Å². The number of benzene rings is 2. The number of hydrogen-bond acceptors (Lipinski definition) is 2. The minimum absolute atomic E-state index is 0.211. The van der Waals surface area contributed by atoms with Gasteiger partial charge < -0.3 is 10.2 Å². The summed E-state index contributed by atoms with van der Waals surface area (Å²) in [5.74, 6) is 5.68. The molecule has 0 aliphatic heterocycles. The summed E-state index contributed by atoms with van der Waals surface area (Å²) in [6, 6.07) is 17.1. The highest BCUT2D eigenvalue weighted by atomic mass is 16.3. The van der Waals surface area contributed by atoms with Gasteiger partial charge in [0, 0.05) is 12.0 Å². The lowest BCUT2D eigenvalue weighted by Crippen LogP contribution is -2.10. The summed E-state index contributed by atoms with van der Waals surface area (Å²) in [5, 5.41) is 19.9. The molecule has 2 aromatic carbocycles. The normalized spacial score (nSPS) is 13.2. The average molecular weight is 266 g/mol. The van der Waals surface area contributed by atoms with Crippen molar-refractivity contribution in [2.45, 2.75) is 25.6 Å². The van der Waals surface area contributed by atoms with Crippen LogP contribution in [0.5, 0.6) is 0 Å². The third kappa shape index (κ3) is 4.24. The zero-order chi connectivity index (χ0) is 14.4. The van der Waals surface area contributed by atoms with Gasteiger partial charge in [-0.1, -0.05) is 59.9 Å². The Morgan fingerprint density at radius 2 is 1.60 bits per heavy atom. The molecule has 2 N–H and O–H groups in total. The van der Waals surface area contributed by atoms with E-state index in [1.165, 1.54) is 5.56 Å². The first kappa shape index (κ1) is 14.3. The summed E-state index contributed by atoms with van der Waals surface area (Å²) in [6.07, 6.45) is -1.33. The highest BCUT2D eigenvalue weighted by Crippen LogP contribution is 2.17. The first-order valence-electron chi connectivity index (χ1n) is 6.64. The van der Waals surface area contributed by atoms with Gasteiger partial charge in [-0.3, -0.25) is 0 Å². The lowest BCUT2D eigenvalue weighted by atomic mass is 10.0. The maximum absolute atomic E-state index is 10.00. The van der Waals surface area contributed by atoms with Gasteiger partial charge in [-0.25, -0.2) is 0 Å². The average Bonchev–Trinajstić information content (AvgIpc) is 2.47. The quantitative estimate of drug-likeness (QED) is 0.839. The molecule has 0 aliphatic rings. The molecule has 2 atom stereocenters. The van der Waals surface area contributed by atoms with Crippen LogP contribution in [-0.4, -0.2) is 16.3 Å². The third-order valence-electron chi connectivity index (χ3n) is 3.07. The first-order chi connectivity index (χ1) is 9.65. The van der Waals surface area contributed by atoms with Gasteiger partial charge in [0.1, 0.15) is 6.10 Å². The van der Waals surface area contributed by atoms with E-state index in [2.05, 4.69) is 11.8 Å². The molecule has 0 heterocycles. The van der Waals surface area contributed by atoms with Gasteiger partial charge in [-0.05, 0) is 24.6 Å². The van der Waals surface area contributed by atoms with E-state index in [4.69, 9.17) is 0 Å². The number of aryl methyl sites for hydroxylation is 1. The molecule has 2 aromatic rings. The fraction of sp³-hybridized carbons (Fsp3) is 0.222. The summed E-state index contributed by atoms with van der Waals surface area (Å²) in [5.41, 5.74) is 2.84. The van der Waals surface area contributed by atoms with Crippen molar-refractivity contribution in [2.24, 2.45) is 0 Å². The Kier molecular flexibility index (Phi) is 4.95. The summed E-state index contributed by atoms with van der Waals surface area (Å²) >= 11 is 0. The summed E-state index contributed by atoms with van der Waals surface area (Å²) < 4.78 is 0. The Labute approximate surface area is 119 Å². The molecule has 2 nitrogen and oxygen atoms in total. The zero-order valence-electron chi connectivity index (χ0n) is 11.5. The molecule has 0 aliphatic carbocycles. The number of aliphatic hydroxyl groups is 2. The molecule has 0 bridgehead atoms. The predicted octanol–water partition coefficient (Wildman–Crippen LogP) is 2.83. The van der Waals surface area contributed by atoms with Crippen molar-refractivity contribution in [3.05, 3.63) is 71.3 Å². The van der Waals surface area contributed by atoms with Gasteiger partial charge in [0.05, 0.1) is 6.10 Å². The number of hydrogen-bond donors (Lipinski definition) is 2. The second-order valence-corrected chi connectivity index (χ2v) is 4.81. The molecule has 0 spiro atoms. The van der Waals surface area contributed by atoms with Crippen molar-refractivity contribution < 1.29 is 10.2 Å². The molecule has 102 valence electrons. The molecule has 2 rings (SSSR count). The molecule has 0 aromatic heterocycles. The van der Waals surface area contributed by atoms with Crippen LogP contribution in [0, 0.1) is 18.8 Å². The Hall–Kier alpha value is -2.08. The van der Waals surface area contributed by atoms with Crippen LogP contribution >= 0.6 is 0 Å². The summed E-state index contributed by atoms with van der Waals surface area (Å²) in [7, 11) is 0. The van der Waals surface area contributed by atoms with Crippen LogP contribution in [0.25, 0.3) is 0 Å². The van der Waals surface area contributed by atoms with Gasteiger partial charge in [-0.2, -0.15) is 0 Å². The molecular weight excluding hydrogens is 248 g/mol. The van der Waals surface area contributed by atoms with E-state index in [-0.39, 0.29) is 6.42 Å². The van der Waals surface area contributed by atoms with Crippen LogP contribution in [0.3, 0.4) is 0 Å². The van der Waals surface area contributed by atoms with E-state index in [9.17, 15) is 10.2 Å². The van der Waals surface area contributed by atoms with Crippen LogP contribution in [0.15, 0.2) is 54.6 Å². The Bertz CT molecular complexity index is 591. The molecule has 2 unspecified atom stereocenters. The second-order valence-electron chi connectivity index (χ2n) is 4.81. The van der Waals surface area contributed by atoms with Crippen molar-refractivity contribution in [1.82, 2.24) is 0 Å². The minimum Gasteiger partial charge on any atom is -0.388 e. The maximum atomic E-state index is 10.00. The molecular formula is C18H18O2. The lowest BCUT2D eigenvalue weighted by Gasteiger charge is -2.11. The van der Waals surface area contributed by atoms with E-state index in [1.807, 2.05) is 61.5 Å². The number of rotatable bonds is 3. The van der Waals surface area contributed by atoms with Crippen LogP contribution in [0.2, 0.25) is 0 Å². The highest BCUT2D eigenvalue weighted by Gasteiger charge is 2.11. The Morgan fingerprint density at radius 1 is 0.950 bits per heavy atom. The van der Waals surface area contributed by atoms with Crippen molar-refractivity contribution >= 4 is 0 Å². The van der Waals surface area contributed by atoms with Crippen molar-refractivity contribution in [2.75, 3.05) is 0 Å². The van der Waals surface area contributed by atoms with E-state index in [1.54, 1.807) is 0 Å². The fourth-order valence-corrected chi connectivity index (χ4v) is 1.89. The van der Waals surface area contributed by atoms with E-state index in [0.29, 0.717) is 0 Å². The topological polar surface area (TPSA) is 40.5 Å². The van der Waals surface area contributed by atoms with Gasteiger partial charge >= 0.3 is 0 Å². The second kappa shape index (κ2) is 6.91. The van der Waals surface area contributed by atoms with E-state index < -0.39 is 12.2 Å². The lowest BCUT2D eigenvalue weighted by molar-refractivity contribution is 0.108. The van der Waals surface area contributed by atoms with E-state index in [0.717, 1.165) is 11.1 Å². The Balaban J connectivity index is 1.96. The SMILES string of the molecule is Cc1ccc(C#CC(O)CC(O)c2ccccc2)cc1. The molecule has 0 fully saturated rings. The van der Waals surface area contributed by atoms with Crippen LogP contribution in [-0.2, 0) is 0 Å². The molecule has 0 saturated heterocycles. The van der Waals surface area contributed by atoms with E-state index >= 15 is 0 Å². The largest absolute Gasteiger partial charge is 0.388 e. The predicted molar refractivity (Wildman–Crippen MR) is 80.1 cm³/mol. The van der Waals surface area contributed by atoms with Gasteiger partial charge in [0.15, 0.2) is 0 Å². The first-order valence-corrected chi connectivity index (χ1v) is 6.64.